The zero-order valence-corrected chi connectivity index (χ0v) is 10.4. The van der Waals surface area contributed by atoms with Gasteiger partial charge in [-0.3, -0.25) is 0 Å². The minimum atomic E-state index is 0.462. The monoisotopic (exact) mass is 211 g/mol. The van der Waals surface area contributed by atoms with Crippen molar-refractivity contribution in [2.75, 3.05) is 6.54 Å². The minimum absolute atomic E-state index is 0.462. The standard InChI is InChI=1S/C12H25N3/c1-4-5-6-9-15(10(2)3)12(13)14-11-7-8-11/h10-11H,4-9H2,1-3H3,(H2,13,14). The molecule has 0 unspecified atom stereocenters. The molecule has 88 valence electrons. The van der Waals surface area contributed by atoms with Crippen molar-refractivity contribution in [3.63, 3.8) is 0 Å². The van der Waals surface area contributed by atoms with Gasteiger partial charge in [0.05, 0.1) is 6.04 Å². The van der Waals surface area contributed by atoms with Gasteiger partial charge >= 0.3 is 0 Å². The lowest BCUT2D eigenvalue weighted by Gasteiger charge is -2.27. The molecule has 0 radical (unpaired) electrons. The second kappa shape index (κ2) is 5.99. The molecule has 2 N–H and O–H groups in total. The van der Waals surface area contributed by atoms with Gasteiger partial charge in [-0.25, -0.2) is 4.99 Å². The van der Waals surface area contributed by atoms with Crippen molar-refractivity contribution in [2.45, 2.75) is 65.0 Å². The topological polar surface area (TPSA) is 41.6 Å². The zero-order chi connectivity index (χ0) is 11.3. The van der Waals surface area contributed by atoms with Crippen molar-refractivity contribution in [3.05, 3.63) is 0 Å². The minimum Gasteiger partial charge on any atom is -0.370 e. The largest absolute Gasteiger partial charge is 0.370 e. The SMILES string of the molecule is CCCCCN(C(N)=NC1CC1)C(C)C. The number of guanidine groups is 1. The molecule has 3 nitrogen and oxygen atoms in total. The van der Waals surface area contributed by atoms with E-state index in [-0.39, 0.29) is 0 Å². The molecule has 0 aliphatic heterocycles. The van der Waals surface area contributed by atoms with Crippen molar-refractivity contribution >= 4 is 5.96 Å². The molecule has 0 spiro atoms. The molecular weight excluding hydrogens is 186 g/mol. The Bertz CT molecular complexity index is 207. The van der Waals surface area contributed by atoms with Crippen LogP contribution in [0.4, 0.5) is 0 Å². The van der Waals surface area contributed by atoms with Crippen molar-refractivity contribution in [1.82, 2.24) is 4.90 Å². The molecule has 15 heavy (non-hydrogen) atoms. The molecule has 0 aromatic carbocycles. The van der Waals surface area contributed by atoms with Crippen LogP contribution >= 0.6 is 0 Å². The van der Waals surface area contributed by atoms with E-state index in [1.807, 2.05) is 0 Å². The molecule has 1 rings (SSSR count). The molecule has 0 aromatic rings. The summed E-state index contributed by atoms with van der Waals surface area (Å²) in [5.74, 6) is 0.753. The molecule has 1 aliphatic carbocycles. The van der Waals surface area contributed by atoms with Crippen LogP contribution in [0.25, 0.3) is 0 Å². The van der Waals surface area contributed by atoms with Crippen LogP contribution in [0.15, 0.2) is 4.99 Å². The highest BCUT2D eigenvalue weighted by Gasteiger charge is 2.22. The molecule has 0 heterocycles. The van der Waals surface area contributed by atoms with Crippen molar-refractivity contribution in [1.29, 1.82) is 0 Å². The fraction of sp³-hybridized carbons (Fsp3) is 0.917. The van der Waals surface area contributed by atoms with Crippen LogP contribution < -0.4 is 5.73 Å². The Hall–Kier alpha value is -0.730. The van der Waals surface area contributed by atoms with E-state index in [4.69, 9.17) is 5.73 Å². The van der Waals surface area contributed by atoms with Gasteiger partial charge in [-0.1, -0.05) is 19.8 Å². The Labute approximate surface area is 93.7 Å². The Balaban J connectivity index is 2.40. The summed E-state index contributed by atoms with van der Waals surface area (Å²) in [5.41, 5.74) is 6.02. The first kappa shape index (κ1) is 12.3. The predicted molar refractivity (Wildman–Crippen MR) is 66.0 cm³/mol. The first-order valence-electron chi connectivity index (χ1n) is 6.25. The maximum atomic E-state index is 6.02. The third kappa shape index (κ3) is 4.54. The van der Waals surface area contributed by atoms with Crippen LogP contribution in [0.5, 0.6) is 0 Å². The number of nitrogens with two attached hydrogens (primary N) is 1. The van der Waals surface area contributed by atoms with Crippen LogP contribution in [-0.2, 0) is 0 Å². The number of hydrogen-bond acceptors (Lipinski definition) is 1. The first-order chi connectivity index (χ1) is 7.15. The highest BCUT2D eigenvalue weighted by atomic mass is 15.3. The summed E-state index contributed by atoms with van der Waals surface area (Å²) < 4.78 is 0. The van der Waals surface area contributed by atoms with Crippen molar-refractivity contribution < 1.29 is 0 Å². The van der Waals surface area contributed by atoms with Gasteiger partial charge in [0.25, 0.3) is 0 Å². The van der Waals surface area contributed by atoms with Crippen LogP contribution in [-0.4, -0.2) is 29.5 Å². The smallest absolute Gasteiger partial charge is 0.191 e. The molecule has 0 aromatic heterocycles. The van der Waals surface area contributed by atoms with Gasteiger partial charge in [-0.05, 0) is 33.1 Å². The normalized spacial score (nSPS) is 17.2. The van der Waals surface area contributed by atoms with Crippen molar-refractivity contribution in [3.8, 4) is 0 Å². The van der Waals surface area contributed by atoms with Crippen LogP contribution in [0, 0.1) is 0 Å². The molecular formula is C12H25N3. The van der Waals surface area contributed by atoms with Crippen LogP contribution in [0.1, 0.15) is 52.9 Å². The first-order valence-corrected chi connectivity index (χ1v) is 6.25. The maximum Gasteiger partial charge on any atom is 0.191 e. The van der Waals surface area contributed by atoms with E-state index in [1.165, 1.54) is 32.1 Å². The van der Waals surface area contributed by atoms with Gasteiger partial charge in [0, 0.05) is 12.6 Å². The van der Waals surface area contributed by atoms with E-state index < -0.39 is 0 Å². The second-order valence-corrected chi connectivity index (χ2v) is 4.71. The van der Waals surface area contributed by atoms with Crippen LogP contribution in [0.2, 0.25) is 0 Å². The summed E-state index contributed by atoms with van der Waals surface area (Å²) in [6.45, 7) is 7.64. The van der Waals surface area contributed by atoms with E-state index in [0.29, 0.717) is 12.1 Å². The lowest BCUT2D eigenvalue weighted by atomic mass is 10.2. The highest BCUT2D eigenvalue weighted by Crippen LogP contribution is 2.23. The lowest BCUT2D eigenvalue weighted by molar-refractivity contribution is 0.335. The second-order valence-electron chi connectivity index (χ2n) is 4.71. The van der Waals surface area contributed by atoms with Crippen molar-refractivity contribution in [2.24, 2.45) is 10.7 Å². The molecule has 3 heteroatoms. The maximum absolute atomic E-state index is 6.02. The quantitative estimate of drug-likeness (QED) is 0.416. The average Bonchev–Trinajstić information content (AvgIpc) is 2.95. The number of aliphatic imine (C=N–C) groups is 1. The summed E-state index contributed by atoms with van der Waals surface area (Å²) in [4.78, 5) is 6.74. The third-order valence-electron chi connectivity index (χ3n) is 2.78. The number of hydrogen-bond donors (Lipinski definition) is 1. The van der Waals surface area contributed by atoms with Gasteiger partial charge in [-0.15, -0.1) is 0 Å². The summed E-state index contributed by atoms with van der Waals surface area (Å²) in [7, 11) is 0. The molecule has 1 aliphatic rings. The van der Waals surface area contributed by atoms with E-state index in [9.17, 15) is 0 Å². The number of rotatable bonds is 6. The molecule has 1 fully saturated rings. The van der Waals surface area contributed by atoms with Gasteiger partial charge < -0.3 is 10.6 Å². The molecule has 0 saturated heterocycles. The molecule has 0 bridgehead atoms. The zero-order valence-electron chi connectivity index (χ0n) is 10.4. The molecule has 0 amide bonds. The van der Waals surface area contributed by atoms with Gasteiger partial charge in [0.2, 0.25) is 0 Å². The Morgan fingerprint density at radius 1 is 1.40 bits per heavy atom. The fourth-order valence-corrected chi connectivity index (χ4v) is 1.63. The molecule has 1 saturated carbocycles. The van der Waals surface area contributed by atoms with Gasteiger partial charge in [0.1, 0.15) is 0 Å². The lowest BCUT2D eigenvalue weighted by Crippen LogP contribution is -2.42. The Morgan fingerprint density at radius 2 is 2.07 bits per heavy atom. The Morgan fingerprint density at radius 3 is 2.53 bits per heavy atom. The Kier molecular flexibility index (Phi) is 4.92. The number of nitrogens with zero attached hydrogens (tertiary/aromatic N) is 2. The van der Waals surface area contributed by atoms with Gasteiger partial charge in [-0.2, -0.15) is 0 Å². The number of unbranched alkanes of at least 4 members (excludes halogenated alkanes) is 2. The summed E-state index contributed by atoms with van der Waals surface area (Å²) >= 11 is 0. The molecule has 0 atom stereocenters. The van der Waals surface area contributed by atoms with E-state index in [1.54, 1.807) is 0 Å². The average molecular weight is 211 g/mol. The summed E-state index contributed by atoms with van der Waals surface area (Å²) in [6.07, 6.45) is 6.20. The third-order valence-corrected chi connectivity index (χ3v) is 2.78. The van der Waals surface area contributed by atoms with Gasteiger partial charge in [0.15, 0.2) is 5.96 Å². The fourth-order valence-electron chi connectivity index (χ4n) is 1.63. The highest BCUT2D eigenvalue weighted by molar-refractivity contribution is 5.78. The van der Waals surface area contributed by atoms with E-state index in [0.717, 1.165) is 12.5 Å². The predicted octanol–water partition coefficient (Wildman–Crippen LogP) is 2.36. The van der Waals surface area contributed by atoms with E-state index in [2.05, 4.69) is 30.7 Å². The summed E-state index contributed by atoms with van der Waals surface area (Å²) in [6, 6.07) is 0.988. The van der Waals surface area contributed by atoms with E-state index >= 15 is 0 Å². The summed E-state index contributed by atoms with van der Waals surface area (Å²) in [5, 5.41) is 0. The van der Waals surface area contributed by atoms with Crippen LogP contribution in [0.3, 0.4) is 0 Å².